The summed E-state index contributed by atoms with van der Waals surface area (Å²) < 4.78 is 35.1. The molecule has 1 aliphatic carbocycles. The maximum Gasteiger partial charge on any atom is 0.240 e. The summed E-state index contributed by atoms with van der Waals surface area (Å²) in [6.07, 6.45) is 2.10. The lowest BCUT2D eigenvalue weighted by Gasteiger charge is -2.02. The number of hydrogen-bond acceptors (Lipinski definition) is 2. The van der Waals surface area contributed by atoms with Crippen molar-refractivity contribution in [1.82, 2.24) is 0 Å². The maximum absolute atomic E-state index is 13.3. The number of benzene rings is 1. The van der Waals surface area contributed by atoms with E-state index in [2.05, 4.69) is 0 Å². The second kappa shape index (κ2) is 3.03. The first-order valence-corrected chi connectivity index (χ1v) is 5.85. The van der Waals surface area contributed by atoms with Crippen molar-refractivity contribution in [3.05, 3.63) is 29.6 Å². The molecule has 0 heterocycles. The van der Waals surface area contributed by atoms with Crippen LogP contribution in [0.1, 0.15) is 24.3 Å². The number of primary sulfonamides is 1. The van der Waals surface area contributed by atoms with Gasteiger partial charge in [-0.2, -0.15) is 0 Å². The molecule has 1 fully saturated rings. The number of nitrogens with two attached hydrogens (primary N) is 1. The molecule has 2 N–H and O–H groups in total. The summed E-state index contributed by atoms with van der Waals surface area (Å²) in [6.45, 7) is 0. The minimum absolute atomic E-state index is 0.402. The van der Waals surface area contributed by atoms with E-state index in [4.69, 9.17) is 5.14 Å². The molecule has 0 spiro atoms. The van der Waals surface area contributed by atoms with Gasteiger partial charge in [-0.1, -0.05) is 6.07 Å². The Kier molecular flexibility index (Phi) is 2.08. The van der Waals surface area contributed by atoms with Crippen molar-refractivity contribution >= 4 is 10.0 Å². The summed E-state index contributed by atoms with van der Waals surface area (Å²) in [5, 5.41) is 4.83. The van der Waals surface area contributed by atoms with Gasteiger partial charge in [0.05, 0.1) is 0 Å². The molecule has 5 heteroatoms. The van der Waals surface area contributed by atoms with Gasteiger partial charge in [-0.25, -0.2) is 17.9 Å². The molecule has 0 radical (unpaired) electrons. The number of sulfonamides is 1. The largest absolute Gasteiger partial charge is 0.240 e. The highest BCUT2D eigenvalue weighted by Crippen LogP contribution is 2.40. The minimum Gasteiger partial charge on any atom is -0.225 e. The Morgan fingerprint density at radius 1 is 1.36 bits per heavy atom. The van der Waals surface area contributed by atoms with Crippen molar-refractivity contribution < 1.29 is 12.8 Å². The monoisotopic (exact) mass is 215 g/mol. The average molecular weight is 215 g/mol. The fourth-order valence-corrected chi connectivity index (χ4v) is 2.01. The SMILES string of the molecule is NS(=O)(=O)c1ccc(C2CC2)cc1F. The lowest BCUT2D eigenvalue weighted by molar-refractivity contribution is 0.567. The third kappa shape index (κ3) is 1.78. The predicted octanol–water partition coefficient (Wildman–Crippen LogP) is 1.35. The summed E-state index contributed by atoms with van der Waals surface area (Å²) >= 11 is 0. The van der Waals surface area contributed by atoms with Gasteiger partial charge in [-0.15, -0.1) is 0 Å². The van der Waals surface area contributed by atoms with Gasteiger partial charge in [0.2, 0.25) is 10.0 Å². The van der Waals surface area contributed by atoms with Crippen molar-refractivity contribution in [2.24, 2.45) is 5.14 Å². The summed E-state index contributed by atoms with van der Waals surface area (Å²) in [5.41, 5.74) is 0.856. The molecule has 3 nitrogen and oxygen atoms in total. The van der Waals surface area contributed by atoms with Crippen LogP contribution in [0, 0.1) is 5.82 Å². The van der Waals surface area contributed by atoms with Crippen LogP contribution in [0.15, 0.2) is 23.1 Å². The molecule has 0 aromatic heterocycles. The average Bonchev–Trinajstić information content (AvgIpc) is 2.83. The topological polar surface area (TPSA) is 60.2 Å². The zero-order valence-corrected chi connectivity index (χ0v) is 8.22. The highest BCUT2D eigenvalue weighted by Gasteiger charge is 2.25. The van der Waals surface area contributed by atoms with E-state index >= 15 is 0 Å². The standard InChI is InChI=1S/C9H10FNO2S/c10-8-5-7(6-1-2-6)3-4-9(8)14(11,12)13/h3-6H,1-2H2,(H2,11,12,13). The minimum atomic E-state index is -3.93. The van der Waals surface area contributed by atoms with Crippen LogP contribution in [0.5, 0.6) is 0 Å². The molecular formula is C9H10FNO2S. The van der Waals surface area contributed by atoms with E-state index in [1.165, 1.54) is 12.1 Å². The third-order valence-electron chi connectivity index (χ3n) is 2.31. The van der Waals surface area contributed by atoms with Gasteiger partial charge in [-0.05, 0) is 36.5 Å². The Hall–Kier alpha value is -0.940. The van der Waals surface area contributed by atoms with Crippen molar-refractivity contribution in [1.29, 1.82) is 0 Å². The molecule has 2 rings (SSSR count). The van der Waals surface area contributed by atoms with Crippen LogP contribution >= 0.6 is 0 Å². The first-order valence-electron chi connectivity index (χ1n) is 4.31. The van der Waals surface area contributed by atoms with Gasteiger partial charge in [0, 0.05) is 0 Å². The Balaban J connectivity index is 2.46. The van der Waals surface area contributed by atoms with E-state index in [-0.39, 0.29) is 0 Å². The molecule has 1 aliphatic rings. The summed E-state index contributed by atoms with van der Waals surface area (Å²) in [6, 6.07) is 4.12. The molecule has 76 valence electrons. The van der Waals surface area contributed by atoms with Crippen LogP contribution in [0.3, 0.4) is 0 Å². The summed E-state index contributed by atoms with van der Waals surface area (Å²) in [5.74, 6) is -0.351. The molecule has 0 amide bonds. The number of hydrogen-bond donors (Lipinski definition) is 1. The van der Waals surface area contributed by atoms with Gasteiger partial charge >= 0.3 is 0 Å². The molecule has 0 unspecified atom stereocenters. The molecule has 14 heavy (non-hydrogen) atoms. The highest BCUT2D eigenvalue weighted by atomic mass is 32.2. The van der Waals surface area contributed by atoms with E-state index in [0.29, 0.717) is 5.92 Å². The smallest absolute Gasteiger partial charge is 0.225 e. The third-order valence-corrected chi connectivity index (χ3v) is 3.26. The maximum atomic E-state index is 13.3. The second-order valence-corrected chi connectivity index (χ2v) is 5.04. The first kappa shape index (κ1) is 9.61. The summed E-state index contributed by atoms with van der Waals surface area (Å²) in [4.78, 5) is -0.429. The van der Waals surface area contributed by atoms with E-state index in [1.54, 1.807) is 6.07 Å². The van der Waals surface area contributed by atoms with Gasteiger partial charge in [0.15, 0.2) is 0 Å². The first-order chi connectivity index (χ1) is 6.48. The lowest BCUT2D eigenvalue weighted by atomic mass is 10.1. The van der Waals surface area contributed by atoms with Crippen molar-refractivity contribution in [2.75, 3.05) is 0 Å². The van der Waals surface area contributed by atoms with Gasteiger partial charge in [-0.3, -0.25) is 0 Å². The van der Waals surface area contributed by atoms with E-state index in [1.807, 2.05) is 0 Å². The summed E-state index contributed by atoms with van der Waals surface area (Å²) in [7, 11) is -3.93. The van der Waals surface area contributed by atoms with Crippen LogP contribution in [0.25, 0.3) is 0 Å². The lowest BCUT2D eigenvalue weighted by Crippen LogP contribution is -2.14. The molecule has 0 bridgehead atoms. The van der Waals surface area contributed by atoms with Crippen LogP contribution in [-0.2, 0) is 10.0 Å². The normalized spacial score (nSPS) is 17.0. The van der Waals surface area contributed by atoms with Crippen LogP contribution < -0.4 is 5.14 Å². The van der Waals surface area contributed by atoms with Crippen molar-refractivity contribution in [2.45, 2.75) is 23.7 Å². The molecular weight excluding hydrogens is 205 g/mol. The van der Waals surface area contributed by atoms with Crippen LogP contribution in [0.4, 0.5) is 4.39 Å². The molecule has 1 aromatic rings. The molecule has 0 aliphatic heterocycles. The Bertz CT molecular complexity index is 466. The van der Waals surface area contributed by atoms with E-state index < -0.39 is 20.7 Å². The number of halogens is 1. The fraction of sp³-hybridized carbons (Fsp3) is 0.333. The zero-order valence-electron chi connectivity index (χ0n) is 7.40. The molecule has 0 saturated heterocycles. The van der Waals surface area contributed by atoms with Crippen LogP contribution in [0.2, 0.25) is 0 Å². The molecule has 0 atom stereocenters. The van der Waals surface area contributed by atoms with Gasteiger partial charge in [0.1, 0.15) is 10.7 Å². The van der Waals surface area contributed by atoms with Crippen molar-refractivity contribution in [3.8, 4) is 0 Å². The Morgan fingerprint density at radius 2 is 2.00 bits per heavy atom. The Morgan fingerprint density at radius 3 is 2.43 bits per heavy atom. The second-order valence-electron chi connectivity index (χ2n) is 3.51. The Labute approximate surface area is 81.8 Å². The molecule has 1 aromatic carbocycles. The molecule has 1 saturated carbocycles. The van der Waals surface area contributed by atoms with Crippen LogP contribution in [-0.4, -0.2) is 8.42 Å². The quantitative estimate of drug-likeness (QED) is 0.809. The van der Waals surface area contributed by atoms with E-state index in [0.717, 1.165) is 18.4 Å². The number of rotatable bonds is 2. The van der Waals surface area contributed by atoms with Gasteiger partial charge in [0.25, 0.3) is 0 Å². The van der Waals surface area contributed by atoms with E-state index in [9.17, 15) is 12.8 Å². The predicted molar refractivity (Wildman–Crippen MR) is 49.7 cm³/mol. The highest BCUT2D eigenvalue weighted by molar-refractivity contribution is 7.89. The van der Waals surface area contributed by atoms with Crippen molar-refractivity contribution in [3.63, 3.8) is 0 Å². The van der Waals surface area contributed by atoms with Gasteiger partial charge < -0.3 is 0 Å². The fourth-order valence-electron chi connectivity index (χ4n) is 1.42. The zero-order chi connectivity index (χ0) is 10.3.